The summed E-state index contributed by atoms with van der Waals surface area (Å²) in [7, 11) is -2.48. The summed E-state index contributed by atoms with van der Waals surface area (Å²) in [6.07, 6.45) is -0.0171. The molecule has 1 atom stereocenters. The van der Waals surface area contributed by atoms with E-state index in [9.17, 15) is 0 Å². The van der Waals surface area contributed by atoms with Crippen LogP contribution in [-0.2, 0) is 13.3 Å². The maximum atomic E-state index is 5.71. The Balaban J connectivity index is 4.23. The summed E-state index contributed by atoms with van der Waals surface area (Å²) in [5.41, 5.74) is 5.63. The molecule has 0 aliphatic heterocycles. The summed E-state index contributed by atoms with van der Waals surface area (Å²) in [6, 6.07) is 0.754. The third-order valence-electron chi connectivity index (χ3n) is 1.99. The SMILES string of the molecule is CCO[Si](CCNC(C)N)(OCC)OCC. The minimum Gasteiger partial charge on any atom is -0.374 e. The summed E-state index contributed by atoms with van der Waals surface area (Å²) in [5, 5.41) is 3.15. The van der Waals surface area contributed by atoms with Gasteiger partial charge in [0, 0.05) is 32.4 Å². The topological polar surface area (TPSA) is 65.7 Å². The van der Waals surface area contributed by atoms with Gasteiger partial charge in [0.25, 0.3) is 0 Å². The molecule has 0 radical (unpaired) electrons. The van der Waals surface area contributed by atoms with Crippen molar-refractivity contribution in [3.8, 4) is 0 Å². The Kier molecular flexibility index (Phi) is 9.10. The first-order valence-electron chi connectivity index (χ1n) is 6.01. The van der Waals surface area contributed by atoms with E-state index in [0.717, 1.165) is 12.6 Å². The van der Waals surface area contributed by atoms with Crippen molar-refractivity contribution >= 4 is 8.80 Å². The molecule has 0 aromatic heterocycles. The van der Waals surface area contributed by atoms with Gasteiger partial charge in [0.05, 0.1) is 6.17 Å². The van der Waals surface area contributed by atoms with Crippen LogP contribution in [0.25, 0.3) is 0 Å². The van der Waals surface area contributed by atoms with E-state index in [1.807, 2.05) is 27.7 Å². The van der Waals surface area contributed by atoms with Gasteiger partial charge < -0.3 is 24.3 Å². The van der Waals surface area contributed by atoms with Crippen molar-refractivity contribution in [2.45, 2.75) is 39.9 Å². The molecule has 0 spiro atoms. The van der Waals surface area contributed by atoms with Crippen LogP contribution in [0.2, 0.25) is 6.04 Å². The predicted octanol–water partition coefficient (Wildman–Crippen LogP) is 0.929. The second kappa shape index (κ2) is 9.09. The zero-order valence-corrected chi connectivity index (χ0v) is 11.9. The first-order chi connectivity index (χ1) is 7.60. The van der Waals surface area contributed by atoms with E-state index in [4.69, 9.17) is 19.0 Å². The zero-order chi connectivity index (χ0) is 12.4. The first-order valence-corrected chi connectivity index (χ1v) is 7.94. The van der Waals surface area contributed by atoms with Crippen LogP contribution in [0.1, 0.15) is 27.7 Å². The van der Waals surface area contributed by atoms with E-state index in [-0.39, 0.29) is 6.17 Å². The molecular weight excluding hydrogens is 224 g/mol. The van der Waals surface area contributed by atoms with Crippen molar-refractivity contribution < 1.29 is 13.3 Å². The van der Waals surface area contributed by atoms with Crippen LogP contribution >= 0.6 is 0 Å². The maximum absolute atomic E-state index is 5.71. The number of hydrogen-bond acceptors (Lipinski definition) is 5. The third-order valence-corrected chi connectivity index (χ3v) is 5.04. The first kappa shape index (κ1) is 16.0. The van der Waals surface area contributed by atoms with Gasteiger partial charge in [-0.2, -0.15) is 0 Å². The van der Waals surface area contributed by atoms with Crippen LogP contribution in [0, 0.1) is 0 Å². The molecule has 0 bridgehead atoms. The number of hydrogen-bond donors (Lipinski definition) is 2. The van der Waals surface area contributed by atoms with Crippen LogP contribution in [0.3, 0.4) is 0 Å². The number of nitrogens with one attached hydrogen (secondary N) is 1. The second-order valence-corrected chi connectivity index (χ2v) is 6.21. The van der Waals surface area contributed by atoms with E-state index in [2.05, 4.69) is 5.32 Å². The molecule has 0 saturated heterocycles. The van der Waals surface area contributed by atoms with Crippen molar-refractivity contribution in [3.05, 3.63) is 0 Å². The standard InChI is InChI=1S/C10H26N2O3Si/c1-5-13-16(14-6-2,15-7-3)9-8-12-10(4)11/h10,12H,5-9,11H2,1-4H3. The molecule has 0 aromatic rings. The fourth-order valence-electron chi connectivity index (χ4n) is 1.45. The van der Waals surface area contributed by atoms with Crippen LogP contribution in [-0.4, -0.2) is 41.3 Å². The van der Waals surface area contributed by atoms with E-state index in [0.29, 0.717) is 19.8 Å². The molecule has 0 aromatic carbocycles. The Morgan fingerprint density at radius 2 is 1.50 bits per heavy atom. The molecule has 0 rings (SSSR count). The van der Waals surface area contributed by atoms with Gasteiger partial charge in [0.2, 0.25) is 0 Å². The molecule has 5 nitrogen and oxygen atoms in total. The fraction of sp³-hybridized carbons (Fsp3) is 1.00. The van der Waals surface area contributed by atoms with Crippen LogP contribution in [0.5, 0.6) is 0 Å². The van der Waals surface area contributed by atoms with Crippen LogP contribution in [0.15, 0.2) is 0 Å². The van der Waals surface area contributed by atoms with E-state index in [1.54, 1.807) is 0 Å². The summed E-state index contributed by atoms with van der Waals surface area (Å²) >= 11 is 0. The molecule has 98 valence electrons. The van der Waals surface area contributed by atoms with Gasteiger partial charge >= 0.3 is 8.80 Å². The zero-order valence-electron chi connectivity index (χ0n) is 10.9. The van der Waals surface area contributed by atoms with Crippen molar-refractivity contribution in [1.29, 1.82) is 0 Å². The van der Waals surface area contributed by atoms with E-state index >= 15 is 0 Å². The highest BCUT2D eigenvalue weighted by atomic mass is 28.4. The molecule has 6 heteroatoms. The quantitative estimate of drug-likeness (QED) is 0.446. The minimum absolute atomic E-state index is 0.0171. The fourth-order valence-corrected chi connectivity index (χ4v) is 3.91. The lowest BCUT2D eigenvalue weighted by Crippen LogP contribution is -2.49. The van der Waals surface area contributed by atoms with Gasteiger partial charge in [-0.15, -0.1) is 0 Å². The lowest BCUT2D eigenvalue weighted by molar-refractivity contribution is 0.0712. The highest BCUT2D eigenvalue weighted by Gasteiger charge is 2.39. The maximum Gasteiger partial charge on any atom is 0.502 e. The molecule has 3 N–H and O–H groups in total. The molecule has 16 heavy (non-hydrogen) atoms. The average molecular weight is 250 g/mol. The number of rotatable bonds is 10. The van der Waals surface area contributed by atoms with Gasteiger partial charge in [-0.1, -0.05) is 0 Å². The van der Waals surface area contributed by atoms with E-state index < -0.39 is 8.80 Å². The van der Waals surface area contributed by atoms with Gasteiger partial charge in [-0.3, -0.25) is 0 Å². The smallest absolute Gasteiger partial charge is 0.374 e. The lowest BCUT2D eigenvalue weighted by atomic mass is 10.6. The second-order valence-electron chi connectivity index (χ2n) is 3.47. The van der Waals surface area contributed by atoms with Crippen LogP contribution < -0.4 is 11.1 Å². The molecule has 0 aliphatic carbocycles. The Labute approximate surface area is 100 Å². The molecule has 0 aliphatic rings. The monoisotopic (exact) mass is 250 g/mol. The number of nitrogens with two attached hydrogens (primary N) is 1. The van der Waals surface area contributed by atoms with Crippen molar-refractivity contribution in [1.82, 2.24) is 5.32 Å². The highest BCUT2D eigenvalue weighted by molar-refractivity contribution is 6.60. The van der Waals surface area contributed by atoms with Gasteiger partial charge in [-0.05, 0) is 27.7 Å². The molecular formula is C10H26N2O3Si. The van der Waals surface area contributed by atoms with Crippen molar-refractivity contribution in [2.24, 2.45) is 5.73 Å². The van der Waals surface area contributed by atoms with E-state index in [1.165, 1.54) is 0 Å². The van der Waals surface area contributed by atoms with Crippen LogP contribution in [0.4, 0.5) is 0 Å². The average Bonchev–Trinajstić information content (AvgIpc) is 2.18. The lowest BCUT2D eigenvalue weighted by Gasteiger charge is -2.28. The van der Waals surface area contributed by atoms with Gasteiger partial charge in [0.1, 0.15) is 0 Å². The summed E-state index contributed by atoms with van der Waals surface area (Å²) < 4.78 is 17.1. The summed E-state index contributed by atoms with van der Waals surface area (Å²) in [4.78, 5) is 0. The molecule has 0 heterocycles. The Hall–Kier alpha value is 0.0169. The Morgan fingerprint density at radius 3 is 1.81 bits per heavy atom. The van der Waals surface area contributed by atoms with Crippen molar-refractivity contribution in [2.75, 3.05) is 26.4 Å². The summed E-state index contributed by atoms with van der Waals surface area (Å²) in [6.45, 7) is 10.4. The molecule has 0 amide bonds. The summed E-state index contributed by atoms with van der Waals surface area (Å²) in [5.74, 6) is 0. The Morgan fingerprint density at radius 1 is 1.06 bits per heavy atom. The normalized spacial score (nSPS) is 14.1. The highest BCUT2D eigenvalue weighted by Crippen LogP contribution is 2.15. The largest absolute Gasteiger partial charge is 0.502 e. The van der Waals surface area contributed by atoms with Gasteiger partial charge in [-0.25, -0.2) is 0 Å². The molecule has 0 saturated carbocycles. The van der Waals surface area contributed by atoms with Gasteiger partial charge in [0.15, 0.2) is 0 Å². The molecule has 0 fully saturated rings. The molecule has 1 unspecified atom stereocenters. The predicted molar refractivity (Wildman–Crippen MR) is 67.1 cm³/mol. The third kappa shape index (κ3) is 6.57. The minimum atomic E-state index is -2.48. The van der Waals surface area contributed by atoms with Crippen molar-refractivity contribution in [3.63, 3.8) is 0 Å². The Bertz CT molecular complexity index is 153.